The molecule has 174 valence electrons. The van der Waals surface area contributed by atoms with Gasteiger partial charge in [0.05, 0.1) is 11.1 Å². The van der Waals surface area contributed by atoms with Crippen LogP contribution >= 0.6 is 0 Å². The Hall–Kier alpha value is -2.37. The number of esters is 1. The van der Waals surface area contributed by atoms with E-state index in [9.17, 15) is 19.5 Å². The number of carbonyl (C=O) groups excluding carboxylic acids is 1. The highest BCUT2D eigenvalue weighted by molar-refractivity contribution is 6.05. The van der Waals surface area contributed by atoms with Crippen molar-refractivity contribution in [2.75, 3.05) is 0 Å². The monoisotopic (exact) mass is 434 g/mol. The van der Waals surface area contributed by atoms with Crippen molar-refractivity contribution >= 4 is 18.1 Å². The van der Waals surface area contributed by atoms with Crippen LogP contribution in [0.1, 0.15) is 123 Å². The number of aromatic carboxylic acids is 1. The van der Waals surface area contributed by atoms with Gasteiger partial charge in [-0.1, -0.05) is 103 Å². The highest BCUT2D eigenvalue weighted by Gasteiger charge is 2.22. The number of hydrogen-bond acceptors (Lipinski definition) is 4. The summed E-state index contributed by atoms with van der Waals surface area (Å²) in [6, 6.07) is 4.51. The number of rotatable bonds is 17. The molecule has 1 rings (SSSR count). The highest BCUT2D eigenvalue weighted by Crippen LogP contribution is 2.20. The standard InChI is InChI=1S/C25H38O6/c1-2-3-4-5-6-7-8-9-10-11-12-13-14-15-17-20-18-16-19-21(22(20)23(26)27)24(28)31-25(29)30/h16,18-19H,2-15,17H2,1H3,(H,26,27)(H,29,30). The first kappa shape index (κ1) is 26.7. The summed E-state index contributed by atoms with van der Waals surface area (Å²) in [7, 11) is 0. The second-order valence-corrected chi connectivity index (χ2v) is 8.15. The van der Waals surface area contributed by atoms with Crippen LogP contribution in [0.5, 0.6) is 0 Å². The van der Waals surface area contributed by atoms with E-state index in [0.717, 1.165) is 19.3 Å². The van der Waals surface area contributed by atoms with E-state index in [1.807, 2.05) is 0 Å². The van der Waals surface area contributed by atoms with Crippen LogP contribution in [0.4, 0.5) is 4.79 Å². The topological polar surface area (TPSA) is 101 Å². The number of carbonyl (C=O) groups is 3. The first-order valence-electron chi connectivity index (χ1n) is 11.8. The fourth-order valence-electron chi connectivity index (χ4n) is 3.88. The van der Waals surface area contributed by atoms with E-state index >= 15 is 0 Å². The molecule has 0 saturated carbocycles. The van der Waals surface area contributed by atoms with E-state index in [-0.39, 0.29) is 11.1 Å². The molecule has 0 aromatic heterocycles. The zero-order valence-corrected chi connectivity index (χ0v) is 18.9. The van der Waals surface area contributed by atoms with Crippen molar-refractivity contribution in [1.29, 1.82) is 0 Å². The lowest BCUT2D eigenvalue weighted by molar-refractivity contribution is 0.0497. The highest BCUT2D eigenvalue weighted by atomic mass is 16.7. The van der Waals surface area contributed by atoms with E-state index < -0.39 is 18.1 Å². The van der Waals surface area contributed by atoms with Crippen LogP contribution in [0.3, 0.4) is 0 Å². The van der Waals surface area contributed by atoms with Gasteiger partial charge >= 0.3 is 18.1 Å². The van der Waals surface area contributed by atoms with Gasteiger partial charge in [-0.2, -0.15) is 0 Å². The van der Waals surface area contributed by atoms with Gasteiger partial charge in [0.1, 0.15) is 0 Å². The fourth-order valence-corrected chi connectivity index (χ4v) is 3.88. The van der Waals surface area contributed by atoms with Gasteiger partial charge in [-0.15, -0.1) is 0 Å². The quantitative estimate of drug-likeness (QED) is 0.152. The predicted molar refractivity (Wildman–Crippen MR) is 121 cm³/mol. The van der Waals surface area contributed by atoms with Gasteiger partial charge in [0, 0.05) is 0 Å². The first-order chi connectivity index (χ1) is 15.0. The summed E-state index contributed by atoms with van der Waals surface area (Å²) in [5.74, 6) is -2.41. The fraction of sp³-hybridized carbons (Fsp3) is 0.640. The van der Waals surface area contributed by atoms with Crippen LogP contribution in [-0.2, 0) is 11.2 Å². The summed E-state index contributed by atoms with van der Waals surface area (Å²) in [5, 5.41) is 18.1. The predicted octanol–water partition coefficient (Wildman–Crippen LogP) is 7.24. The molecule has 0 saturated heterocycles. The molecular formula is C25H38O6. The third kappa shape index (κ3) is 11.6. The van der Waals surface area contributed by atoms with Crippen molar-refractivity contribution in [2.45, 2.75) is 103 Å². The lowest BCUT2D eigenvalue weighted by Crippen LogP contribution is -2.16. The minimum Gasteiger partial charge on any atom is -0.478 e. The molecule has 0 aliphatic rings. The van der Waals surface area contributed by atoms with Crippen molar-refractivity contribution in [2.24, 2.45) is 0 Å². The third-order valence-corrected chi connectivity index (χ3v) is 5.56. The Morgan fingerprint density at radius 2 is 1.23 bits per heavy atom. The van der Waals surface area contributed by atoms with Gasteiger partial charge in [-0.05, 0) is 24.5 Å². The average Bonchev–Trinajstić information content (AvgIpc) is 2.73. The third-order valence-electron chi connectivity index (χ3n) is 5.56. The summed E-state index contributed by atoms with van der Waals surface area (Å²) >= 11 is 0. The van der Waals surface area contributed by atoms with Gasteiger partial charge < -0.3 is 14.9 Å². The lowest BCUT2D eigenvalue weighted by atomic mass is 9.96. The van der Waals surface area contributed by atoms with Crippen molar-refractivity contribution in [1.82, 2.24) is 0 Å². The van der Waals surface area contributed by atoms with Gasteiger partial charge in [0.2, 0.25) is 0 Å². The summed E-state index contributed by atoms with van der Waals surface area (Å²) in [6.45, 7) is 2.24. The Labute approximate surface area is 186 Å². The van der Waals surface area contributed by atoms with E-state index in [1.165, 1.54) is 76.7 Å². The largest absolute Gasteiger partial charge is 0.513 e. The molecule has 0 atom stereocenters. The zero-order chi connectivity index (χ0) is 22.9. The van der Waals surface area contributed by atoms with Crippen molar-refractivity contribution in [3.63, 3.8) is 0 Å². The molecule has 0 spiro atoms. The van der Waals surface area contributed by atoms with Crippen molar-refractivity contribution in [3.05, 3.63) is 34.9 Å². The van der Waals surface area contributed by atoms with Crippen LogP contribution in [0, 0.1) is 0 Å². The number of carboxylic acids is 1. The second kappa shape index (κ2) is 16.3. The van der Waals surface area contributed by atoms with Gasteiger partial charge in [0.25, 0.3) is 0 Å². The molecule has 1 aromatic carbocycles. The molecule has 0 fully saturated rings. The SMILES string of the molecule is CCCCCCCCCCCCCCCCc1cccc(C(=O)OC(=O)O)c1C(=O)O. The number of aryl methyl sites for hydroxylation is 1. The minimum atomic E-state index is -1.75. The van der Waals surface area contributed by atoms with Gasteiger partial charge in [-0.3, -0.25) is 0 Å². The maximum atomic E-state index is 11.9. The molecule has 0 aliphatic carbocycles. The second-order valence-electron chi connectivity index (χ2n) is 8.15. The summed E-state index contributed by atoms with van der Waals surface area (Å²) in [6.07, 6.45) is 16.2. The van der Waals surface area contributed by atoms with Crippen molar-refractivity contribution < 1.29 is 29.3 Å². The Morgan fingerprint density at radius 1 is 0.742 bits per heavy atom. The van der Waals surface area contributed by atoms with Crippen LogP contribution in [0.15, 0.2) is 18.2 Å². The number of ether oxygens (including phenoxy) is 1. The molecule has 0 bridgehead atoms. The number of carboxylic acid groups (broad SMARTS) is 2. The molecule has 0 unspecified atom stereocenters. The summed E-state index contributed by atoms with van der Waals surface area (Å²) in [4.78, 5) is 34.1. The normalized spacial score (nSPS) is 10.7. The minimum absolute atomic E-state index is 0.163. The number of unbranched alkanes of at least 4 members (excludes halogenated alkanes) is 13. The molecule has 31 heavy (non-hydrogen) atoms. The van der Waals surface area contributed by atoms with E-state index in [4.69, 9.17) is 5.11 Å². The van der Waals surface area contributed by atoms with E-state index in [2.05, 4.69) is 11.7 Å². The van der Waals surface area contributed by atoms with Crippen LogP contribution < -0.4 is 0 Å². The summed E-state index contributed by atoms with van der Waals surface area (Å²) < 4.78 is 4.12. The Kier molecular flexibility index (Phi) is 14.1. The maximum Gasteiger partial charge on any atom is 0.513 e. The van der Waals surface area contributed by atoms with Gasteiger partial charge in [-0.25, -0.2) is 14.4 Å². The van der Waals surface area contributed by atoms with Crippen molar-refractivity contribution in [3.8, 4) is 0 Å². The van der Waals surface area contributed by atoms with E-state index in [1.54, 1.807) is 12.1 Å². The molecule has 0 amide bonds. The molecule has 6 heteroatoms. The van der Waals surface area contributed by atoms with Crippen LogP contribution in [0.2, 0.25) is 0 Å². The average molecular weight is 435 g/mol. The Morgan fingerprint density at radius 3 is 1.68 bits per heavy atom. The number of hydrogen-bond donors (Lipinski definition) is 2. The van der Waals surface area contributed by atoms with Gasteiger partial charge in [0.15, 0.2) is 0 Å². The number of benzene rings is 1. The van der Waals surface area contributed by atoms with Crippen LogP contribution in [0.25, 0.3) is 0 Å². The van der Waals surface area contributed by atoms with E-state index in [0.29, 0.717) is 12.0 Å². The van der Waals surface area contributed by atoms with Crippen LogP contribution in [-0.4, -0.2) is 28.3 Å². The zero-order valence-electron chi connectivity index (χ0n) is 18.9. The molecule has 2 N–H and O–H groups in total. The maximum absolute atomic E-state index is 11.9. The smallest absolute Gasteiger partial charge is 0.478 e. The lowest BCUT2D eigenvalue weighted by Gasteiger charge is -2.10. The molecule has 0 radical (unpaired) electrons. The molecule has 0 aliphatic heterocycles. The summed E-state index contributed by atoms with van der Waals surface area (Å²) in [5.41, 5.74) is 0.146. The molecular weight excluding hydrogens is 396 g/mol. The molecule has 6 nitrogen and oxygen atoms in total. The molecule has 0 heterocycles. The Bertz CT molecular complexity index is 683. The Balaban J connectivity index is 2.24. The first-order valence-corrected chi connectivity index (χ1v) is 11.8. The molecule has 1 aromatic rings.